The van der Waals surface area contributed by atoms with E-state index in [0.29, 0.717) is 18.3 Å². The van der Waals surface area contributed by atoms with Crippen molar-refractivity contribution in [2.45, 2.75) is 24.8 Å². The van der Waals surface area contributed by atoms with Crippen LogP contribution in [0.5, 0.6) is 0 Å². The first kappa shape index (κ1) is 13.8. The number of carbonyl (C=O) groups excluding carboxylic acids is 1. The second kappa shape index (κ2) is 5.13. The zero-order valence-corrected chi connectivity index (χ0v) is 13.3. The van der Waals surface area contributed by atoms with Crippen molar-refractivity contribution < 1.29 is 4.79 Å². The lowest BCUT2D eigenvalue weighted by molar-refractivity contribution is -0.136. The third-order valence-electron chi connectivity index (χ3n) is 5.21. The number of fused-ring (bicyclic) bond motifs is 3. The Bertz CT molecular complexity index is 724. The summed E-state index contributed by atoms with van der Waals surface area (Å²) in [6.07, 6.45) is 1.60. The summed E-state index contributed by atoms with van der Waals surface area (Å²) in [6, 6.07) is 17.0. The molecule has 3 atom stereocenters. The molecule has 2 aromatic rings. The highest BCUT2D eigenvalue weighted by atomic mass is 35.5. The van der Waals surface area contributed by atoms with E-state index in [2.05, 4.69) is 36.4 Å². The molecule has 2 aliphatic rings. The average Bonchev–Trinajstić information content (AvgIpc) is 2.87. The topological polar surface area (TPSA) is 20.3 Å². The second-order valence-corrected chi connectivity index (χ2v) is 6.75. The van der Waals surface area contributed by atoms with Crippen LogP contribution in [0.3, 0.4) is 0 Å². The standard InChI is InChI=1S/C19H18ClNO/c1-21-17(22)11-10-16-18(12-6-8-13(20)9-7-12)14-4-2-3-5-15(14)19(16)21/h2-9,16,18-19H,10-11H2,1H3/t16-,18-,19+/m0/s1. The number of amides is 1. The van der Waals surface area contributed by atoms with Gasteiger partial charge in [0.1, 0.15) is 0 Å². The van der Waals surface area contributed by atoms with Gasteiger partial charge in [0.15, 0.2) is 0 Å². The maximum absolute atomic E-state index is 12.1. The third kappa shape index (κ3) is 1.98. The number of carbonyl (C=O) groups is 1. The summed E-state index contributed by atoms with van der Waals surface area (Å²) in [5.74, 6) is 1.07. The number of nitrogens with zero attached hydrogens (tertiary/aromatic N) is 1. The molecule has 2 nitrogen and oxygen atoms in total. The van der Waals surface area contributed by atoms with Crippen molar-refractivity contribution in [2.75, 3.05) is 7.05 Å². The predicted octanol–water partition coefficient (Wildman–Crippen LogP) is 4.40. The van der Waals surface area contributed by atoms with Crippen LogP contribution in [0.25, 0.3) is 0 Å². The van der Waals surface area contributed by atoms with Gasteiger partial charge in [-0.1, -0.05) is 48.0 Å². The largest absolute Gasteiger partial charge is 0.338 e. The molecule has 1 heterocycles. The van der Waals surface area contributed by atoms with E-state index in [9.17, 15) is 4.79 Å². The molecule has 2 aromatic carbocycles. The highest BCUT2D eigenvalue weighted by Crippen LogP contribution is 2.54. The van der Waals surface area contributed by atoms with Crippen LogP contribution in [-0.2, 0) is 4.79 Å². The highest BCUT2D eigenvalue weighted by Gasteiger charge is 2.46. The van der Waals surface area contributed by atoms with Crippen LogP contribution in [0.2, 0.25) is 5.02 Å². The van der Waals surface area contributed by atoms with Gasteiger partial charge in [0.2, 0.25) is 5.91 Å². The predicted molar refractivity (Wildman–Crippen MR) is 88.0 cm³/mol. The second-order valence-electron chi connectivity index (χ2n) is 6.31. The first-order chi connectivity index (χ1) is 10.7. The van der Waals surface area contributed by atoms with Crippen LogP contribution >= 0.6 is 11.6 Å². The number of hydrogen-bond donors (Lipinski definition) is 0. The van der Waals surface area contributed by atoms with Crippen LogP contribution in [-0.4, -0.2) is 17.9 Å². The Morgan fingerprint density at radius 3 is 2.45 bits per heavy atom. The number of likely N-dealkylation sites (tertiary alicyclic amines) is 1. The average molecular weight is 312 g/mol. The van der Waals surface area contributed by atoms with Crippen LogP contribution in [0, 0.1) is 5.92 Å². The maximum atomic E-state index is 12.1. The fourth-order valence-electron chi connectivity index (χ4n) is 4.25. The van der Waals surface area contributed by atoms with Crippen molar-refractivity contribution in [3.05, 3.63) is 70.2 Å². The fraction of sp³-hybridized carbons (Fsp3) is 0.316. The molecule has 0 aromatic heterocycles. The summed E-state index contributed by atoms with van der Waals surface area (Å²) >= 11 is 6.05. The summed E-state index contributed by atoms with van der Waals surface area (Å²) in [5, 5.41) is 0.766. The van der Waals surface area contributed by atoms with Crippen LogP contribution in [0.4, 0.5) is 0 Å². The van der Waals surface area contributed by atoms with Crippen LogP contribution < -0.4 is 0 Å². The molecule has 0 radical (unpaired) electrons. The summed E-state index contributed by atoms with van der Waals surface area (Å²) in [6.45, 7) is 0. The molecule has 1 aliphatic carbocycles. The lowest BCUT2D eigenvalue weighted by Crippen LogP contribution is -2.39. The number of halogens is 1. The molecular weight excluding hydrogens is 294 g/mol. The van der Waals surface area contributed by atoms with Crippen molar-refractivity contribution >= 4 is 17.5 Å². The smallest absolute Gasteiger partial charge is 0.222 e. The van der Waals surface area contributed by atoms with Crippen molar-refractivity contribution in [2.24, 2.45) is 5.92 Å². The van der Waals surface area contributed by atoms with Gasteiger partial charge in [0, 0.05) is 24.4 Å². The Labute approximate surface area is 135 Å². The summed E-state index contributed by atoms with van der Waals surface area (Å²) in [7, 11) is 1.94. The Balaban J connectivity index is 1.85. The maximum Gasteiger partial charge on any atom is 0.222 e. The third-order valence-corrected chi connectivity index (χ3v) is 5.47. The Hall–Kier alpha value is -1.80. The van der Waals surface area contributed by atoms with Crippen molar-refractivity contribution in [1.82, 2.24) is 4.90 Å². The lowest BCUT2D eigenvalue weighted by atomic mass is 9.80. The lowest BCUT2D eigenvalue weighted by Gasteiger charge is -2.37. The van der Waals surface area contributed by atoms with Crippen molar-refractivity contribution in [3.8, 4) is 0 Å². The highest BCUT2D eigenvalue weighted by molar-refractivity contribution is 6.30. The minimum Gasteiger partial charge on any atom is -0.338 e. The van der Waals surface area contributed by atoms with Gasteiger partial charge in [-0.3, -0.25) is 4.79 Å². The fourth-order valence-corrected chi connectivity index (χ4v) is 4.37. The molecule has 3 heteroatoms. The van der Waals surface area contributed by atoms with Crippen LogP contribution in [0.1, 0.15) is 41.5 Å². The molecular formula is C19H18ClNO. The Morgan fingerprint density at radius 2 is 1.73 bits per heavy atom. The molecule has 0 saturated carbocycles. The SMILES string of the molecule is CN1C(=O)CC[C@H]2[C@@H](c3ccc(Cl)cc3)c3ccccc3[C@H]21. The molecule has 22 heavy (non-hydrogen) atoms. The molecule has 1 amide bonds. The zero-order valence-electron chi connectivity index (χ0n) is 12.5. The van der Waals surface area contributed by atoms with E-state index in [1.165, 1.54) is 16.7 Å². The molecule has 0 spiro atoms. The minimum absolute atomic E-state index is 0.207. The summed E-state index contributed by atoms with van der Waals surface area (Å²) < 4.78 is 0. The van der Waals surface area contributed by atoms with Gasteiger partial charge in [-0.15, -0.1) is 0 Å². The summed E-state index contributed by atoms with van der Waals surface area (Å²) in [5.41, 5.74) is 3.97. The summed E-state index contributed by atoms with van der Waals surface area (Å²) in [4.78, 5) is 14.1. The first-order valence-electron chi connectivity index (χ1n) is 7.77. The van der Waals surface area contributed by atoms with E-state index in [4.69, 9.17) is 11.6 Å². The van der Waals surface area contributed by atoms with Gasteiger partial charge in [-0.05, 0) is 41.2 Å². The number of benzene rings is 2. The van der Waals surface area contributed by atoms with E-state index in [-0.39, 0.29) is 11.9 Å². The van der Waals surface area contributed by atoms with Gasteiger partial charge in [0.25, 0.3) is 0 Å². The quantitative estimate of drug-likeness (QED) is 0.764. The zero-order chi connectivity index (χ0) is 15.3. The molecule has 112 valence electrons. The molecule has 0 bridgehead atoms. The van der Waals surface area contributed by atoms with E-state index in [1.54, 1.807) is 0 Å². The Kier molecular flexibility index (Phi) is 3.23. The van der Waals surface area contributed by atoms with E-state index < -0.39 is 0 Å². The first-order valence-corrected chi connectivity index (χ1v) is 8.14. The number of hydrogen-bond acceptors (Lipinski definition) is 1. The van der Waals surface area contributed by atoms with Gasteiger partial charge >= 0.3 is 0 Å². The van der Waals surface area contributed by atoms with Gasteiger partial charge < -0.3 is 4.90 Å². The number of rotatable bonds is 1. The van der Waals surface area contributed by atoms with Crippen LogP contribution in [0.15, 0.2) is 48.5 Å². The molecule has 1 aliphatic heterocycles. The normalized spacial score (nSPS) is 26.7. The molecule has 4 rings (SSSR count). The molecule has 0 unspecified atom stereocenters. The number of piperidine rings is 1. The minimum atomic E-state index is 0.207. The molecule has 1 saturated heterocycles. The van der Waals surface area contributed by atoms with Gasteiger partial charge in [0.05, 0.1) is 6.04 Å². The van der Waals surface area contributed by atoms with E-state index >= 15 is 0 Å². The van der Waals surface area contributed by atoms with E-state index in [0.717, 1.165) is 11.4 Å². The van der Waals surface area contributed by atoms with Gasteiger partial charge in [-0.2, -0.15) is 0 Å². The van der Waals surface area contributed by atoms with E-state index in [1.807, 2.05) is 24.1 Å². The van der Waals surface area contributed by atoms with Crippen molar-refractivity contribution in [1.29, 1.82) is 0 Å². The molecule has 1 fully saturated rings. The van der Waals surface area contributed by atoms with Crippen molar-refractivity contribution in [3.63, 3.8) is 0 Å². The Morgan fingerprint density at radius 1 is 1.05 bits per heavy atom. The molecule has 0 N–H and O–H groups in total. The monoisotopic (exact) mass is 311 g/mol. The van der Waals surface area contributed by atoms with Gasteiger partial charge in [-0.25, -0.2) is 0 Å².